The molecule has 1 heterocycles. The normalized spacial score (nSPS) is 14.1. The van der Waals surface area contributed by atoms with Gasteiger partial charge in [0.25, 0.3) is 0 Å². The summed E-state index contributed by atoms with van der Waals surface area (Å²) in [6, 6.07) is 0. The molecule has 1 aromatic heterocycles. The van der Waals surface area contributed by atoms with Crippen LogP contribution < -0.4 is 21.4 Å². The minimum atomic E-state index is 0.567. The number of nitrogens with zero attached hydrogens (tertiary/aromatic N) is 3. The molecule has 7 nitrogen and oxygen atoms in total. The summed E-state index contributed by atoms with van der Waals surface area (Å²) >= 11 is 3.42. The molecule has 1 fully saturated rings. The van der Waals surface area contributed by atoms with Crippen molar-refractivity contribution < 1.29 is 0 Å². The smallest absolute Gasteiger partial charge is 0.224 e. The highest BCUT2D eigenvalue weighted by Crippen LogP contribution is 2.26. The van der Waals surface area contributed by atoms with E-state index < -0.39 is 0 Å². The molecule has 0 spiro atoms. The Bertz CT molecular complexity index is 528. The fraction of sp³-hybridized carbons (Fsp3) is 0.500. The molecule has 1 aromatic rings. The summed E-state index contributed by atoms with van der Waals surface area (Å²) in [4.78, 5) is 8.64. The van der Waals surface area contributed by atoms with E-state index in [1.165, 1.54) is 12.8 Å². The van der Waals surface area contributed by atoms with Crippen LogP contribution in [0.3, 0.4) is 0 Å². The van der Waals surface area contributed by atoms with Gasteiger partial charge in [-0.3, -0.25) is 5.43 Å². The predicted molar refractivity (Wildman–Crippen MR) is 93.9 cm³/mol. The molecule has 0 bridgehead atoms. The van der Waals surface area contributed by atoms with Crippen LogP contribution in [-0.2, 0) is 0 Å². The van der Waals surface area contributed by atoms with Crippen LogP contribution in [0.15, 0.2) is 28.2 Å². The van der Waals surface area contributed by atoms with Crippen LogP contribution in [0, 0.1) is 5.92 Å². The third kappa shape index (κ3) is 5.98. The molecule has 0 aromatic carbocycles. The number of nitrogens with one attached hydrogen (secondary N) is 4. The third-order valence-electron chi connectivity index (χ3n) is 3.01. The minimum Gasteiger partial charge on any atom is -0.354 e. The maximum absolute atomic E-state index is 4.41. The molecular weight excluding hydrogens is 346 g/mol. The number of rotatable bonds is 10. The zero-order valence-electron chi connectivity index (χ0n) is 12.7. The van der Waals surface area contributed by atoms with E-state index in [0.717, 1.165) is 24.0 Å². The first-order valence-corrected chi connectivity index (χ1v) is 8.14. The Hall–Kier alpha value is -1.67. The number of hydrogen-bond acceptors (Lipinski definition) is 7. The van der Waals surface area contributed by atoms with E-state index in [-0.39, 0.29) is 0 Å². The predicted octanol–water partition coefficient (Wildman–Crippen LogP) is 2.13. The first-order chi connectivity index (χ1) is 10.7. The molecule has 4 N–H and O–H groups in total. The van der Waals surface area contributed by atoms with Gasteiger partial charge in [-0.2, -0.15) is 10.1 Å². The molecule has 0 amide bonds. The van der Waals surface area contributed by atoms with Gasteiger partial charge in [-0.05, 0) is 54.7 Å². The Balaban J connectivity index is 1.84. The number of anilines is 2. The van der Waals surface area contributed by atoms with Gasteiger partial charge in [0.05, 0.1) is 4.47 Å². The Morgan fingerprint density at radius 1 is 1.50 bits per heavy atom. The van der Waals surface area contributed by atoms with Crippen LogP contribution in [0.4, 0.5) is 11.8 Å². The fourth-order valence-corrected chi connectivity index (χ4v) is 1.93. The lowest BCUT2D eigenvalue weighted by molar-refractivity contribution is 0.745. The van der Waals surface area contributed by atoms with Crippen molar-refractivity contribution in [1.82, 2.24) is 20.7 Å². The van der Waals surface area contributed by atoms with E-state index >= 15 is 0 Å². The van der Waals surface area contributed by atoms with Crippen LogP contribution >= 0.6 is 15.9 Å². The third-order valence-corrected chi connectivity index (χ3v) is 3.59. The zero-order valence-corrected chi connectivity index (χ0v) is 14.3. The van der Waals surface area contributed by atoms with E-state index in [4.69, 9.17) is 0 Å². The van der Waals surface area contributed by atoms with Gasteiger partial charge in [-0.15, -0.1) is 0 Å². The largest absolute Gasteiger partial charge is 0.354 e. The highest BCUT2D eigenvalue weighted by Gasteiger charge is 2.18. The van der Waals surface area contributed by atoms with Gasteiger partial charge in [0.1, 0.15) is 5.82 Å². The molecule has 0 saturated heterocycles. The zero-order chi connectivity index (χ0) is 15.8. The number of hydrogen-bond donors (Lipinski definition) is 4. The lowest BCUT2D eigenvalue weighted by Gasteiger charge is -2.11. The molecule has 1 aliphatic carbocycles. The summed E-state index contributed by atoms with van der Waals surface area (Å²) in [6.45, 7) is 5.64. The molecular formula is C14H22BrN7. The summed E-state index contributed by atoms with van der Waals surface area (Å²) in [5.41, 5.74) is 2.86. The first-order valence-electron chi connectivity index (χ1n) is 7.35. The van der Waals surface area contributed by atoms with Gasteiger partial charge in [0.2, 0.25) is 5.95 Å². The highest BCUT2D eigenvalue weighted by molar-refractivity contribution is 9.10. The van der Waals surface area contributed by atoms with Gasteiger partial charge in [0, 0.05) is 19.0 Å². The summed E-state index contributed by atoms with van der Waals surface area (Å²) in [6.07, 6.45) is 7.08. The molecule has 1 saturated carbocycles. The second kappa shape index (κ2) is 8.70. The molecule has 8 heteroatoms. The van der Waals surface area contributed by atoms with E-state index in [2.05, 4.69) is 59.0 Å². The monoisotopic (exact) mass is 367 g/mol. The van der Waals surface area contributed by atoms with Crippen molar-refractivity contribution in [2.24, 2.45) is 11.0 Å². The number of aromatic nitrogens is 2. The van der Waals surface area contributed by atoms with Crippen LogP contribution in [0.1, 0.15) is 19.3 Å². The number of hydrazone groups is 1. The van der Waals surface area contributed by atoms with Gasteiger partial charge in [-0.25, -0.2) is 4.98 Å². The van der Waals surface area contributed by atoms with Crippen molar-refractivity contribution in [3.05, 3.63) is 23.1 Å². The highest BCUT2D eigenvalue weighted by atomic mass is 79.9. The van der Waals surface area contributed by atoms with Crippen LogP contribution in [0.25, 0.3) is 0 Å². The maximum Gasteiger partial charge on any atom is 0.224 e. The molecule has 0 atom stereocenters. The summed E-state index contributed by atoms with van der Waals surface area (Å²) < 4.78 is 0.766. The van der Waals surface area contributed by atoms with Crippen molar-refractivity contribution in [2.45, 2.75) is 19.3 Å². The Kier molecular flexibility index (Phi) is 6.60. The first kappa shape index (κ1) is 16.7. The van der Waals surface area contributed by atoms with Crippen LogP contribution in [0.2, 0.25) is 0 Å². The quantitative estimate of drug-likeness (QED) is 0.288. The average molecular weight is 368 g/mol. The molecule has 22 heavy (non-hydrogen) atoms. The van der Waals surface area contributed by atoms with Crippen molar-refractivity contribution in [3.63, 3.8) is 0 Å². The summed E-state index contributed by atoms with van der Waals surface area (Å²) in [5.74, 6) is 2.42. The lowest BCUT2D eigenvalue weighted by atomic mass is 10.4. The van der Waals surface area contributed by atoms with E-state index in [1.54, 1.807) is 6.20 Å². The van der Waals surface area contributed by atoms with Gasteiger partial charge in [0.15, 0.2) is 5.82 Å². The molecule has 0 radical (unpaired) electrons. The van der Waals surface area contributed by atoms with Gasteiger partial charge < -0.3 is 16.0 Å². The average Bonchev–Trinajstić information content (AvgIpc) is 3.31. The van der Waals surface area contributed by atoms with Crippen molar-refractivity contribution >= 4 is 33.9 Å². The fourth-order valence-electron chi connectivity index (χ4n) is 1.64. The Labute approximate surface area is 139 Å². The van der Waals surface area contributed by atoms with Crippen molar-refractivity contribution in [1.29, 1.82) is 0 Å². The summed E-state index contributed by atoms with van der Waals surface area (Å²) in [7, 11) is 1.93. The Morgan fingerprint density at radius 2 is 2.32 bits per heavy atom. The lowest BCUT2D eigenvalue weighted by Crippen LogP contribution is -2.16. The van der Waals surface area contributed by atoms with Gasteiger partial charge >= 0.3 is 0 Å². The van der Waals surface area contributed by atoms with Crippen LogP contribution in [0.5, 0.6) is 0 Å². The topological polar surface area (TPSA) is 86.3 Å². The van der Waals surface area contributed by atoms with E-state index in [0.29, 0.717) is 23.5 Å². The minimum absolute atomic E-state index is 0.567. The standard InChI is InChI=1S/C14H22BrN7/c1-10(22-19-8-11-4-5-11)20-13-12(15)9-18-14(21-13)17-7-3-6-16-2/h8-9,11,16,22H,1,3-7H2,2H3,(H2,17,18,20,21)/b19-8+. The summed E-state index contributed by atoms with van der Waals surface area (Å²) in [5, 5.41) is 13.5. The molecule has 1 aliphatic rings. The molecule has 0 unspecified atom stereocenters. The van der Waals surface area contributed by atoms with Crippen molar-refractivity contribution in [3.8, 4) is 0 Å². The van der Waals surface area contributed by atoms with Crippen LogP contribution in [-0.4, -0.2) is 36.3 Å². The molecule has 120 valence electrons. The molecule has 2 rings (SSSR count). The SMILES string of the molecule is C=C(N/N=C/C1CC1)Nc1nc(NCCCNC)ncc1Br. The second-order valence-corrected chi connectivity index (χ2v) is 5.96. The number of halogens is 1. The second-order valence-electron chi connectivity index (χ2n) is 5.10. The van der Waals surface area contributed by atoms with E-state index in [1.807, 2.05) is 13.3 Å². The van der Waals surface area contributed by atoms with E-state index in [9.17, 15) is 0 Å². The molecule has 0 aliphatic heterocycles. The Morgan fingerprint density at radius 3 is 3.05 bits per heavy atom. The maximum atomic E-state index is 4.41. The van der Waals surface area contributed by atoms with Crippen molar-refractivity contribution in [2.75, 3.05) is 30.8 Å². The van der Waals surface area contributed by atoms with Gasteiger partial charge in [-0.1, -0.05) is 6.58 Å².